The van der Waals surface area contributed by atoms with E-state index in [1.54, 1.807) is 12.1 Å². The van der Waals surface area contributed by atoms with Crippen LogP contribution in [0.5, 0.6) is 0 Å². The van der Waals surface area contributed by atoms with E-state index in [1.165, 1.54) is 25.7 Å². The first kappa shape index (κ1) is 17.5. The standard InChI is InChI=1S/C19H28N2O2S/c1-4-13(2)16-7-9-18(10-8-16)24(22,23)21-20-14(3)19-12-15-5-6-17(19)11-15/h7-10,13,15,17,19,21H,4-6,11-12H2,1-3H3/b20-14-/t13-,15-,17-,19+/m0/s1. The zero-order chi connectivity index (χ0) is 17.3. The van der Waals surface area contributed by atoms with E-state index < -0.39 is 10.0 Å². The summed E-state index contributed by atoms with van der Waals surface area (Å²) in [5.41, 5.74) is 2.10. The maximum absolute atomic E-state index is 12.4. The van der Waals surface area contributed by atoms with E-state index in [0.717, 1.165) is 23.6 Å². The Morgan fingerprint density at radius 2 is 1.96 bits per heavy atom. The minimum absolute atomic E-state index is 0.277. The lowest BCUT2D eigenvalue weighted by molar-refractivity contribution is 0.413. The van der Waals surface area contributed by atoms with Crippen molar-refractivity contribution in [3.63, 3.8) is 0 Å². The topological polar surface area (TPSA) is 58.5 Å². The van der Waals surface area contributed by atoms with Crippen molar-refractivity contribution in [2.24, 2.45) is 22.9 Å². The summed E-state index contributed by atoms with van der Waals surface area (Å²) in [6, 6.07) is 7.14. The molecule has 132 valence electrons. The Balaban J connectivity index is 1.68. The molecule has 3 rings (SSSR count). The van der Waals surface area contributed by atoms with E-state index in [4.69, 9.17) is 0 Å². The Labute approximate surface area is 145 Å². The number of benzene rings is 1. The van der Waals surface area contributed by atoms with Crippen molar-refractivity contribution in [2.75, 3.05) is 0 Å². The molecule has 1 aromatic rings. The van der Waals surface area contributed by atoms with Crippen molar-refractivity contribution in [2.45, 2.75) is 63.7 Å². The Morgan fingerprint density at radius 1 is 1.25 bits per heavy atom. The van der Waals surface area contributed by atoms with Gasteiger partial charge in [0.05, 0.1) is 4.90 Å². The van der Waals surface area contributed by atoms with Crippen LogP contribution in [0.1, 0.15) is 64.4 Å². The first-order chi connectivity index (χ1) is 11.4. The predicted octanol–water partition coefficient (Wildman–Crippen LogP) is 4.29. The molecule has 0 heterocycles. The summed E-state index contributed by atoms with van der Waals surface area (Å²) in [6.07, 6.45) is 6.11. The van der Waals surface area contributed by atoms with Gasteiger partial charge in [0.25, 0.3) is 10.0 Å². The van der Waals surface area contributed by atoms with Gasteiger partial charge in [-0.05, 0) is 68.1 Å². The summed E-state index contributed by atoms with van der Waals surface area (Å²) in [5, 5.41) is 4.23. The van der Waals surface area contributed by atoms with Gasteiger partial charge in [-0.3, -0.25) is 0 Å². The van der Waals surface area contributed by atoms with Gasteiger partial charge in [-0.2, -0.15) is 13.5 Å². The van der Waals surface area contributed by atoms with Crippen LogP contribution in [0.4, 0.5) is 0 Å². The van der Waals surface area contributed by atoms with E-state index in [-0.39, 0.29) is 4.90 Å². The van der Waals surface area contributed by atoms with E-state index in [0.29, 0.717) is 17.8 Å². The SMILES string of the molecule is CC[C@H](C)c1ccc(S(=O)(=O)N/N=C(/C)[C@H]2C[C@H]3CC[C@H]2C3)cc1. The highest BCUT2D eigenvalue weighted by Gasteiger charge is 2.40. The molecule has 0 saturated heterocycles. The Kier molecular flexibility index (Phi) is 5.00. The summed E-state index contributed by atoms with van der Waals surface area (Å²) < 4.78 is 24.9. The number of nitrogens with zero attached hydrogens (tertiary/aromatic N) is 1. The van der Waals surface area contributed by atoms with Crippen LogP contribution in [0.2, 0.25) is 0 Å². The smallest absolute Gasteiger partial charge is 0.200 e. The summed E-state index contributed by atoms with van der Waals surface area (Å²) in [4.78, 5) is 2.71. The third-order valence-electron chi connectivity index (χ3n) is 5.99. The highest BCUT2D eigenvalue weighted by atomic mass is 32.2. The maximum Gasteiger partial charge on any atom is 0.276 e. The van der Waals surface area contributed by atoms with Crippen LogP contribution in [-0.2, 0) is 10.0 Å². The van der Waals surface area contributed by atoms with Crippen LogP contribution < -0.4 is 4.83 Å². The fraction of sp³-hybridized carbons (Fsp3) is 0.632. The van der Waals surface area contributed by atoms with Crippen molar-refractivity contribution < 1.29 is 8.42 Å². The fourth-order valence-corrected chi connectivity index (χ4v) is 5.10. The van der Waals surface area contributed by atoms with E-state index in [1.807, 2.05) is 19.1 Å². The van der Waals surface area contributed by atoms with Crippen molar-refractivity contribution in [3.05, 3.63) is 29.8 Å². The molecule has 0 radical (unpaired) electrons. The second-order valence-electron chi connectivity index (χ2n) is 7.51. The molecule has 1 aromatic carbocycles. The third kappa shape index (κ3) is 3.51. The molecule has 2 aliphatic carbocycles. The molecule has 0 aliphatic heterocycles. The third-order valence-corrected chi connectivity index (χ3v) is 7.21. The van der Waals surface area contributed by atoms with Crippen molar-refractivity contribution in [1.82, 2.24) is 4.83 Å². The molecule has 0 unspecified atom stereocenters. The Hall–Kier alpha value is -1.36. The molecule has 2 saturated carbocycles. The number of nitrogens with one attached hydrogen (secondary N) is 1. The lowest BCUT2D eigenvalue weighted by Gasteiger charge is -2.21. The number of sulfonamides is 1. The zero-order valence-corrected chi connectivity index (χ0v) is 15.6. The lowest BCUT2D eigenvalue weighted by Crippen LogP contribution is -2.24. The predicted molar refractivity (Wildman–Crippen MR) is 97.5 cm³/mol. The number of hydrogen-bond acceptors (Lipinski definition) is 3. The fourth-order valence-electron chi connectivity index (χ4n) is 4.24. The molecular weight excluding hydrogens is 320 g/mol. The molecule has 24 heavy (non-hydrogen) atoms. The highest BCUT2D eigenvalue weighted by molar-refractivity contribution is 7.89. The van der Waals surface area contributed by atoms with Gasteiger partial charge in [-0.25, -0.2) is 4.83 Å². The van der Waals surface area contributed by atoms with Gasteiger partial charge in [-0.15, -0.1) is 0 Å². The molecule has 4 nitrogen and oxygen atoms in total. The van der Waals surface area contributed by atoms with Crippen LogP contribution in [-0.4, -0.2) is 14.1 Å². The van der Waals surface area contributed by atoms with Crippen molar-refractivity contribution >= 4 is 15.7 Å². The number of rotatable bonds is 6. The molecule has 0 amide bonds. The molecule has 2 bridgehead atoms. The van der Waals surface area contributed by atoms with Gasteiger partial charge in [0.1, 0.15) is 0 Å². The first-order valence-electron chi connectivity index (χ1n) is 9.06. The minimum Gasteiger partial charge on any atom is -0.200 e. The number of fused-ring (bicyclic) bond motifs is 2. The van der Waals surface area contributed by atoms with Crippen LogP contribution in [0.3, 0.4) is 0 Å². The summed E-state index contributed by atoms with van der Waals surface area (Å²) >= 11 is 0. The normalized spacial score (nSPS) is 28.1. The zero-order valence-electron chi connectivity index (χ0n) is 14.8. The maximum atomic E-state index is 12.4. The average Bonchev–Trinajstić information content (AvgIpc) is 3.22. The van der Waals surface area contributed by atoms with Crippen LogP contribution in [0.25, 0.3) is 0 Å². The second kappa shape index (κ2) is 6.87. The van der Waals surface area contributed by atoms with E-state index in [2.05, 4.69) is 23.8 Å². The van der Waals surface area contributed by atoms with Crippen molar-refractivity contribution in [3.8, 4) is 0 Å². The average molecular weight is 349 g/mol. The van der Waals surface area contributed by atoms with Gasteiger partial charge < -0.3 is 0 Å². The van der Waals surface area contributed by atoms with E-state index in [9.17, 15) is 8.42 Å². The van der Waals surface area contributed by atoms with Crippen LogP contribution >= 0.6 is 0 Å². The first-order valence-corrected chi connectivity index (χ1v) is 10.5. The minimum atomic E-state index is -3.58. The lowest BCUT2D eigenvalue weighted by atomic mass is 9.86. The van der Waals surface area contributed by atoms with Crippen molar-refractivity contribution in [1.29, 1.82) is 0 Å². The molecule has 2 aliphatic rings. The molecule has 1 N–H and O–H groups in total. The summed E-state index contributed by atoms with van der Waals surface area (Å²) in [5.74, 6) is 2.43. The molecule has 0 spiro atoms. The van der Waals surface area contributed by atoms with Gasteiger partial charge >= 0.3 is 0 Å². The van der Waals surface area contributed by atoms with Gasteiger partial charge in [0.2, 0.25) is 0 Å². The van der Waals surface area contributed by atoms with Gasteiger partial charge in [0.15, 0.2) is 0 Å². The van der Waals surface area contributed by atoms with E-state index >= 15 is 0 Å². The number of hydrogen-bond donors (Lipinski definition) is 1. The Morgan fingerprint density at radius 3 is 2.50 bits per heavy atom. The Bertz CT molecular complexity index is 709. The quantitative estimate of drug-likeness (QED) is 0.616. The van der Waals surface area contributed by atoms with Crippen LogP contribution in [0, 0.1) is 17.8 Å². The molecular formula is C19H28N2O2S. The molecule has 0 aromatic heterocycles. The molecule has 5 heteroatoms. The summed E-state index contributed by atoms with van der Waals surface area (Å²) in [7, 11) is -3.58. The number of hydrazone groups is 1. The highest BCUT2D eigenvalue weighted by Crippen LogP contribution is 2.48. The van der Waals surface area contributed by atoms with Crippen LogP contribution in [0.15, 0.2) is 34.3 Å². The largest absolute Gasteiger partial charge is 0.276 e. The molecule has 4 atom stereocenters. The summed E-state index contributed by atoms with van der Waals surface area (Å²) in [6.45, 7) is 6.23. The van der Waals surface area contributed by atoms with Gasteiger partial charge in [0, 0.05) is 11.6 Å². The molecule has 2 fully saturated rings. The monoisotopic (exact) mass is 348 g/mol. The van der Waals surface area contributed by atoms with Gasteiger partial charge in [-0.1, -0.05) is 32.4 Å². The second-order valence-corrected chi connectivity index (χ2v) is 9.17.